The Labute approximate surface area is 184 Å². The summed E-state index contributed by atoms with van der Waals surface area (Å²) in [5, 5.41) is 2.90. The lowest BCUT2D eigenvalue weighted by atomic mass is 9.95. The molecule has 30 heavy (non-hydrogen) atoms. The van der Waals surface area contributed by atoms with Crippen molar-refractivity contribution >= 4 is 24.2 Å². The molecule has 0 spiro atoms. The average Bonchev–Trinajstić information content (AvgIpc) is 3.13. The third kappa shape index (κ3) is 5.32. The lowest BCUT2D eigenvalue weighted by Crippen LogP contribution is -2.51. The SMILES string of the molecule is COc1ccc(C(=O)NC(C(=O)N2C[C@@H](N)[C@H](c3ccccc3)C2)C(C)C)cc1.Cl. The second-order valence-electron chi connectivity index (χ2n) is 7.85. The molecule has 0 aliphatic carbocycles. The zero-order valence-corrected chi connectivity index (χ0v) is 18.4. The Kier molecular flexibility index (Phi) is 8.26. The molecule has 1 aliphatic heterocycles. The highest BCUT2D eigenvalue weighted by molar-refractivity contribution is 5.97. The van der Waals surface area contributed by atoms with Gasteiger partial charge < -0.3 is 20.7 Å². The number of methoxy groups -OCH3 is 1. The quantitative estimate of drug-likeness (QED) is 0.736. The summed E-state index contributed by atoms with van der Waals surface area (Å²) in [4.78, 5) is 27.7. The normalized spacial score (nSPS) is 19.2. The highest BCUT2D eigenvalue weighted by atomic mass is 35.5. The highest BCUT2D eigenvalue weighted by Gasteiger charge is 2.37. The molecule has 1 fully saturated rings. The Morgan fingerprint density at radius 3 is 2.27 bits per heavy atom. The van der Waals surface area contributed by atoms with Gasteiger partial charge in [0, 0.05) is 30.6 Å². The molecule has 3 atom stereocenters. The van der Waals surface area contributed by atoms with Gasteiger partial charge >= 0.3 is 0 Å². The second kappa shape index (κ2) is 10.5. The molecule has 2 amide bonds. The molecule has 0 saturated carbocycles. The second-order valence-corrected chi connectivity index (χ2v) is 7.85. The van der Waals surface area contributed by atoms with Gasteiger partial charge in [-0.05, 0) is 35.7 Å². The van der Waals surface area contributed by atoms with E-state index in [0.717, 1.165) is 5.56 Å². The van der Waals surface area contributed by atoms with E-state index in [1.165, 1.54) is 0 Å². The number of hydrogen-bond donors (Lipinski definition) is 2. The van der Waals surface area contributed by atoms with Gasteiger partial charge in [-0.2, -0.15) is 0 Å². The molecule has 2 aromatic carbocycles. The third-order valence-corrected chi connectivity index (χ3v) is 5.48. The van der Waals surface area contributed by atoms with Crippen LogP contribution in [-0.2, 0) is 4.79 Å². The highest BCUT2D eigenvalue weighted by Crippen LogP contribution is 2.27. The predicted molar refractivity (Wildman–Crippen MR) is 120 cm³/mol. The minimum Gasteiger partial charge on any atom is -0.497 e. The number of hydrogen-bond acceptors (Lipinski definition) is 4. The van der Waals surface area contributed by atoms with Crippen molar-refractivity contribution < 1.29 is 14.3 Å². The maximum atomic E-state index is 13.2. The lowest BCUT2D eigenvalue weighted by Gasteiger charge is -2.27. The van der Waals surface area contributed by atoms with Gasteiger partial charge in [-0.3, -0.25) is 9.59 Å². The fourth-order valence-corrected chi connectivity index (χ4v) is 3.74. The van der Waals surface area contributed by atoms with Crippen LogP contribution in [0.2, 0.25) is 0 Å². The van der Waals surface area contributed by atoms with Gasteiger partial charge in [0.05, 0.1) is 7.11 Å². The minimum atomic E-state index is -0.605. The first-order valence-electron chi connectivity index (χ1n) is 9.95. The molecule has 0 bridgehead atoms. The van der Waals surface area contributed by atoms with Crippen molar-refractivity contribution in [2.75, 3.05) is 20.2 Å². The first-order chi connectivity index (χ1) is 13.9. The Hall–Kier alpha value is -2.57. The zero-order valence-electron chi connectivity index (χ0n) is 17.6. The van der Waals surface area contributed by atoms with Crippen LogP contribution >= 0.6 is 12.4 Å². The van der Waals surface area contributed by atoms with E-state index in [4.69, 9.17) is 10.5 Å². The van der Waals surface area contributed by atoms with Gasteiger partial charge in [-0.15, -0.1) is 12.4 Å². The van der Waals surface area contributed by atoms with E-state index >= 15 is 0 Å². The van der Waals surface area contributed by atoms with E-state index in [1.807, 2.05) is 44.2 Å². The summed E-state index contributed by atoms with van der Waals surface area (Å²) in [7, 11) is 1.58. The van der Waals surface area contributed by atoms with Crippen LogP contribution in [0.4, 0.5) is 0 Å². The summed E-state index contributed by atoms with van der Waals surface area (Å²) in [6.45, 7) is 4.91. The Morgan fingerprint density at radius 1 is 1.07 bits per heavy atom. The number of halogens is 1. The molecular formula is C23H30ClN3O3. The number of ether oxygens (including phenoxy) is 1. The maximum Gasteiger partial charge on any atom is 0.251 e. The molecule has 1 aliphatic rings. The Balaban J connectivity index is 0.00000320. The minimum absolute atomic E-state index is 0. The summed E-state index contributed by atoms with van der Waals surface area (Å²) in [6.07, 6.45) is 0. The molecule has 1 heterocycles. The molecule has 3 N–H and O–H groups in total. The fraction of sp³-hybridized carbons (Fsp3) is 0.391. The lowest BCUT2D eigenvalue weighted by molar-refractivity contribution is -0.133. The summed E-state index contributed by atoms with van der Waals surface area (Å²) >= 11 is 0. The van der Waals surface area contributed by atoms with Crippen molar-refractivity contribution in [3.05, 3.63) is 65.7 Å². The van der Waals surface area contributed by atoms with Crippen LogP contribution in [0.1, 0.15) is 35.7 Å². The number of nitrogens with one attached hydrogen (secondary N) is 1. The molecule has 3 rings (SSSR count). The summed E-state index contributed by atoms with van der Waals surface area (Å²) in [6, 6.07) is 16.1. The van der Waals surface area contributed by atoms with Gasteiger partial charge in [-0.1, -0.05) is 44.2 Å². The largest absolute Gasteiger partial charge is 0.497 e. The first-order valence-corrected chi connectivity index (χ1v) is 9.95. The van der Waals surface area contributed by atoms with Crippen LogP contribution in [0.5, 0.6) is 5.75 Å². The van der Waals surface area contributed by atoms with Crippen molar-refractivity contribution in [2.45, 2.75) is 31.8 Å². The van der Waals surface area contributed by atoms with Crippen LogP contribution in [0.15, 0.2) is 54.6 Å². The number of rotatable bonds is 6. The topological polar surface area (TPSA) is 84.7 Å². The Morgan fingerprint density at radius 2 is 1.70 bits per heavy atom. The third-order valence-electron chi connectivity index (χ3n) is 5.48. The number of carbonyl (C=O) groups is 2. The molecule has 1 saturated heterocycles. The summed E-state index contributed by atoms with van der Waals surface area (Å²) in [5.74, 6) is 0.372. The number of amides is 2. The van der Waals surface area contributed by atoms with Crippen LogP contribution in [-0.4, -0.2) is 49.0 Å². The van der Waals surface area contributed by atoms with Crippen LogP contribution in [0.25, 0.3) is 0 Å². The summed E-state index contributed by atoms with van der Waals surface area (Å²) in [5.41, 5.74) is 7.97. The van der Waals surface area contributed by atoms with E-state index < -0.39 is 6.04 Å². The molecule has 1 unspecified atom stereocenters. The monoisotopic (exact) mass is 431 g/mol. The van der Waals surface area contributed by atoms with Crippen molar-refractivity contribution in [2.24, 2.45) is 11.7 Å². The molecule has 162 valence electrons. The van der Waals surface area contributed by atoms with Gasteiger partial charge in [0.25, 0.3) is 5.91 Å². The van der Waals surface area contributed by atoms with Crippen LogP contribution in [0.3, 0.4) is 0 Å². The molecule has 0 radical (unpaired) electrons. The van der Waals surface area contributed by atoms with E-state index in [-0.39, 0.29) is 42.1 Å². The molecule has 0 aromatic heterocycles. The standard InChI is InChI=1S/C23H29N3O3.ClH/c1-15(2)21(25-22(27)17-9-11-18(29-3)12-10-17)23(28)26-13-19(20(24)14-26)16-7-5-4-6-8-16;/h4-12,15,19-21H,13-14,24H2,1-3H3,(H,25,27);1H/t19-,20+,21?;/m0./s1. The Bertz CT molecular complexity index is 843. The summed E-state index contributed by atoms with van der Waals surface area (Å²) < 4.78 is 5.13. The number of carbonyl (C=O) groups excluding carboxylic acids is 2. The predicted octanol–water partition coefficient (Wildman–Crippen LogP) is 2.82. The molecule has 2 aromatic rings. The number of likely N-dealkylation sites (tertiary alicyclic amines) is 1. The van der Waals surface area contributed by atoms with Gasteiger partial charge in [0.2, 0.25) is 5.91 Å². The van der Waals surface area contributed by atoms with Crippen molar-refractivity contribution in [3.8, 4) is 5.75 Å². The van der Waals surface area contributed by atoms with E-state index in [1.54, 1.807) is 36.3 Å². The zero-order chi connectivity index (χ0) is 21.0. The molecule has 6 nitrogen and oxygen atoms in total. The number of nitrogens with zero attached hydrogens (tertiary/aromatic N) is 1. The van der Waals surface area contributed by atoms with Gasteiger partial charge in [0.15, 0.2) is 0 Å². The maximum absolute atomic E-state index is 13.2. The van der Waals surface area contributed by atoms with E-state index in [0.29, 0.717) is 24.4 Å². The number of benzene rings is 2. The fourth-order valence-electron chi connectivity index (χ4n) is 3.74. The average molecular weight is 432 g/mol. The van der Waals surface area contributed by atoms with Crippen molar-refractivity contribution in [1.29, 1.82) is 0 Å². The van der Waals surface area contributed by atoms with Crippen molar-refractivity contribution in [1.82, 2.24) is 10.2 Å². The van der Waals surface area contributed by atoms with Crippen molar-refractivity contribution in [3.63, 3.8) is 0 Å². The molecular weight excluding hydrogens is 402 g/mol. The van der Waals surface area contributed by atoms with Crippen LogP contribution in [0, 0.1) is 5.92 Å². The smallest absolute Gasteiger partial charge is 0.251 e. The van der Waals surface area contributed by atoms with Gasteiger partial charge in [-0.25, -0.2) is 0 Å². The van der Waals surface area contributed by atoms with E-state index in [2.05, 4.69) is 5.32 Å². The first kappa shape index (κ1) is 23.7. The van der Waals surface area contributed by atoms with E-state index in [9.17, 15) is 9.59 Å². The van der Waals surface area contributed by atoms with Crippen LogP contribution < -0.4 is 15.8 Å². The molecule has 7 heteroatoms. The number of nitrogens with two attached hydrogens (primary N) is 1. The van der Waals surface area contributed by atoms with Gasteiger partial charge in [0.1, 0.15) is 11.8 Å².